The van der Waals surface area contributed by atoms with Gasteiger partial charge in [-0.15, -0.1) is 0 Å². The second kappa shape index (κ2) is 5.48. The van der Waals surface area contributed by atoms with Gasteiger partial charge in [-0.1, -0.05) is 0 Å². The van der Waals surface area contributed by atoms with E-state index in [2.05, 4.69) is 5.32 Å². The Morgan fingerprint density at radius 2 is 1.81 bits per heavy atom. The first-order valence-corrected chi connectivity index (χ1v) is 4.90. The van der Waals surface area contributed by atoms with Crippen LogP contribution in [0.4, 0.5) is 0 Å². The molecule has 0 aromatic rings. The monoisotopic (exact) mass is 230 g/mol. The highest BCUT2D eigenvalue weighted by molar-refractivity contribution is 5.88. The summed E-state index contributed by atoms with van der Waals surface area (Å²) in [6, 6.07) is -1.02. The van der Waals surface area contributed by atoms with Crippen LogP contribution < -0.4 is 11.1 Å². The van der Waals surface area contributed by atoms with Crippen molar-refractivity contribution in [2.75, 3.05) is 0 Å². The first-order valence-electron chi connectivity index (χ1n) is 4.90. The number of hydrogen-bond donors (Lipinski definition) is 2. The first kappa shape index (κ1) is 14.4. The molecular weight excluding hydrogens is 212 g/mol. The average molecular weight is 230 g/mol. The number of hydrogen-bond acceptors (Lipinski definition) is 4. The third-order valence-electron chi connectivity index (χ3n) is 1.47. The Morgan fingerprint density at radius 1 is 1.31 bits per heavy atom. The molecule has 0 unspecified atom stereocenters. The zero-order valence-electron chi connectivity index (χ0n) is 9.99. The lowest BCUT2D eigenvalue weighted by Gasteiger charge is -2.23. The molecule has 6 heteroatoms. The van der Waals surface area contributed by atoms with Gasteiger partial charge in [-0.3, -0.25) is 9.59 Å². The smallest absolute Gasteiger partial charge is 0.329 e. The molecule has 0 rings (SSSR count). The van der Waals surface area contributed by atoms with Crippen molar-refractivity contribution in [3.63, 3.8) is 0 Å². The minimum atomic E-state index is -1.02. The minimum absolute atomic E-state index is 0.269. The van der Waals surface area contributed by atoms with E-state index in [0.717, 1.165) is 0 Å². The maximum atomic E-state index is 11.6. The number of nitrogens with one attached hydrogen (secondary N) is 1. The normalized spacial score (nSPS) is 12.8. The summed E-state index contributed by atoms with van der Waals surface area (Å²) < 4.78 is 5.04. The van der Waals surface area contributed by atoms with E-state index in [0.29, 0.717) is 0 Å². The quantitative estimate of drug-likeness (QED) is 0.648. The minimum Gasteiger partial charge on any atom is -0.458 e. The van der Waals surface area contributed by atoms with Gasteiger partial charge in [0.15, 0.2) is 0 Å². The van der Waals surface area contributed by atoms with Crippen LogP contribution in [0.25, 0.3) is 0 Å². The number of carbonyl (C=O) groups excluding carboxylic acids is 3. The maximum Gasteiger partial charge on any atom is 0.329 e. The Bertz CT molecular complexity index is 278. The highest BCUT2D eigenvalue weighted by atomic mass is 16.6. The Hall–Kier alpha value is -1.59. The van der Waals surface area contributed by atoms with Crippen molar-refractivity contribution in [1.82, 2.24) is 5.32 Å². The molecule has 0 aromatic carbocycles. The van der Waals surface area contributed by atoms with Crippen LogP contribution in [0.2, 0.25) is 0 Å². The lowest BCUT2D eigenvalue weighted by molar-refractivity contribution is -0.159. The molecule has 0 saturated heterocycles. The molecule has 6 nitrogen and oxygen atoms in total. The highest BCUT2D eigenvalue weighted by Crippen LogP contribution is 2.09. The van der Waals surface area contributed by atoms with E-state index in [1.54, 1.807) is 20.8 Å². The molecule has 3 N–H and O–H groups in total. The molecule has 0 bridgehead atoms. The van der Waals surface area contributed by atoms with Crippen LogP contribution in [0, 0.1) is 0 Å². The topological polar surface area (TPSA) is 98.5 Å². The van der Waals surface area contributed by atoms with Gasteiger partial charge in [-0.05, 0) is 20.8 Å². The molecule has 1 atom stereocenters. The van der Waals surface area contributed by atoms with Gasteiger partial charge in [-0.2, -0.15) is 0 Å². The molecule has 0 heterocycles. The summed E-state index contributed by atoms with van der Waals surface area (Å²) in [5.41, 5.74) is 4.30. The van der Waals surface area contributed by atoms with Crippen molar-refractivity contribution < 1.29 is 19.1 Å². The zero-order chi connectivity index (χ0) is 12.9. The number of rotatable bonds is 4. The molecular formula is C10H18N2O4. The second-order valence-corrected chi connectivity index (χ2v) is 4.46. The number of amides is 2. The third kappa shape index (κ3) is 6.80. The predicted octanol–water partition coefficient (Wildman–Crippen LogP) is -0.292. The third-order valence-corrected chi connectivity index (χ3v) is 1.47. The molecule has 0 aliphatic rings. The van der Waals surface area contributed by atoms with Gasteiger partial charge in [0.05, 0.1) is 6.42 Å². The lowest BCUT2D eigenvalue weighted by Crippen LogP contribution is -2.45. The number of primary amides is 1. The molecule has 0 spiro atoms. The molecule has 0 radical (unpaired) electrons. The summed E-state index contributed by atoms with van der Waals surface area (Å²) in [5.74, 6) is -1.76. The summed E-state index contributed by atoms with van der Waals surface area (Å²) in [4.78, 5) is 33.1. The molecule has 0 fully saturated rings. The van der Waals surface area contributed by atoms with Gasteiger partial charge in [0, 0.05) is 6.92 Å². The van der Waals surface area contributed by atoms with Gasteiger partial charge in [0.2, 0.25) is 11.8 Å². The van der Waals surface area contributed by atoms with Gasteiger partial charge in [0.1, 0.15) is 11.6 Å². The van der Waals surface area contributed by atoms with Crippen molar-refractivity contribution >= 4 is 17.8 Å². The number of ether oxygens (including phenoxy) is 1. The lowest BCUT2D eigenvalue weighted by atomic mass is 10.1. The Morgan fingerprint density at radius 3 is 2.12 bits per heavy atom. The Labute approximate surface area is 94.5 Å². The highest BCUT2D eigenvalue weighted by Gasteiger charge is 2.27. The van der Waals surface area contributed by atoms with E-state index >= 15 is 0 Å². The van der Waals surface area contributed by atoms with Crippen molar-refractivity contribution in [2.24, 2.45) is 5.73 Å². The van der Waals surface area contributed by atoms with Gasteiger partial charge < -0.3 is 15.8 Å². The van der Waals surface area contributed by atoms with Crippen LogP contribution in [0.5, 0.6) is 0 Å². The van der Waals surface area contributed by atoms with E-state index < -0.39 is 29.4 Å². The average Bonchev–Trinajstić information content (AvgIpc) is 1.97. The molecule has 16 heavy (non-hydrogen) atoms. The van der Waals surface area contributed by atoms with Crippen LogP contribution in [-0.2, 0) is 19.1 Å². The van der Waals surface area contributed by atoms with Gasteiger partial charge >= 0.3 is 5.97 Å². The van der Waals surface area contributed by atoms with Crippen LogP contribution in [-0.4, -0.2) is 29.4 Å². The Kier molecular flexibility index (Phi) is 4.94. The van der Waals surface area contributed by atoms with E-state index in [1.807, 2.05) is 0 Å². The molecule has 0 aliphatic heterocycles. The standard InChI is InChI=1S/C10H18N2O4/c1-6(13)12-7(5-8(11)14)9(15)16-10(2,3)4/h7H,5H2,1-4H3,(H2,11,14)(H,12,13)/t7-/m0/s1. The zero-order valence-corrected chi connectivity index (χ0v) is 9.99. The van der Waals surface area contributed by atoms with Gasteiger partial charge in [0.25, 0.3) is 0 Å². The van der Waals surface area contributed by atoms with Crippen molar-refractivity contribution in [3.8, 4) is 0 Å². The van der Waals surface area contributed by atoms with Crippen LogP contribution >= 0.6 is 0 Å². The SMILES string of the molecule is CC(=O)N[C@@H](CC(N)=O)C(=O)OC(C)(C)C. The van der Waals surface area contributed by atoms with Crippen LogP contribution in [0.3, 0.4) is 0 Å². The molecule has 0 saturated carbocycles. The fourth-order valence-corrected chi connectivity index (χ4v) is 1.01. The van der Waals surface area contributed by atoms with Crippen molar-refractivity contribution in [2.45, 2.75) is 45.8 Å². The largest absolute Gasteiger partial charge is 0.458 e. The summed E-state index contributed by atoms with van der Waals surface area (Å²) in [6.07, 6.45) is -0.269. The fraction of sp³-hybridized carbons (Fsp3) is 0.700. The number of nitrogens with two attached hydrogens (primary N) is 1. The van der Waals surface area contributed by atoms with Gasteiger partial charge in [-0.25, -0.2) is 4.79 Å². The van der Waals surface area contributed by atoms with E-state index in [-0.39, 0.29) is 6.42 Å². The van der Waals surface area contributed by atoms with Crippen molar-refractivity contribution in [3.05, 3.63) is 0 Å². The maximum absolute atomic E-state index is 11.6. The molecule has 0 aromatic heterocycles. The van der Waals surface area contributed by atoms with Crippen LogP contribution in [0.15, 0.2) is 0 Å². The summed E-state index contributed by atoms with van der Waals surface area (Å²) in [6.45, 7) is 6.33. The van der Waals surface area contributed by atoms with E-state index in [1.165, 1.54) is 6.92 Å². The second-order valence-electron chi connectivity index (χ2n) is 4.46. The number of esters is 1. The summed E-state index contributed by atoms with van der Waals surface area (Å²) in [5, 5.41) is 2.32. The van der Waals surface area contributed by atoms with E-state index in [4.69, 9.17) is 10.5 Å². The first-order chi connectivity index (χ1) is 7.11. The van der Waals surface area contributed by atoms with Crippen LogP contribution in [0.1, 0.15) is 34.1 Å². The molecule has 2 amide bonds. The van der Waals surface area contributed by atoms with E-state index in [9.17, 15) is 14.4 Å². The molecule has 92 valence electrons. The number of carbonyl (C=O) groups is 3. The van der Waals surface area contributed by atoms with Crippen molar-refractivity contribution in [1.29, 1.82) is 0 Å². The summed E-state index contributed by atoms with van der Waals surface area (Å²) >= 11 is 0. The molecule has 0 aliphatic carbocycles. The summed E-state index contributed by atoms with van der Waals surface area (Å²) in [7, 11) is 0. The fourth-order valence-electron chi connectivity index (χ4n) is 1.01. The Balaban J connectivity index is 4.56. The predicted molar refractivity (Wildman–Crippen MR) is 57.3 cm³/mol.